The highest BCUT2D eigenvalue weighted by Crippen LogP contribution is 2.28. The highest BCUT2D eigenvalue weighted by molar-refractivity contribution is 7.18. The number of methoxy groups -OCH3 is 1. The lowest BCUT2D eigenvalue weighted by molar-refractivity contribution is -0.119. The van der Waals surface area contributed by atoms with Crippen LogP contribution in [0.2, 0.25) is 0 Å². The molecule has 0 spiro atoms. The summed E-state index contributed by atoms with van der Waals surface area (Å²) in [4.78, 5) is 25.5. The molecule has 0 fully saturated rings. The Labute approximate surface area is 195 Å². The lowest BCUT2D eigenvalue weighted by Gasteiger charge is -2.23. The number of carbonyl (C=O) groups is 2. The van der Waals surface area contributed by atoms with Gasteiger partial charge >= 0.3 is 6.03 Å². The third kappa shape index (κ3) is 6.27. The zero-order valence-corrected chi connectivity index (χ0v) is 19.3. The Morgan fingerprint density at radius 3 is 2.58 bits per heavy atom. The summed E-state index contributed by atoms with van der Waals surface area (Å²) in [6, 6.07) is 14.6. The van der Waals surface area contributed by atoms with E-state index in [9.17, 15) is 9.59 Å². The van der Waals surface area contributed by atoms with E-state index >= 15 is 0 Å². The molecule has 0 saturated heterocycles. The Bertz CT molecular complexity index is 1160. The molecule has 0 saturated carbocycles. The van der Waals surface area contributed by atoms with Crippen molar-refractivity contribution in [2.45, 2.75) is 26.3 Å². The molecule has 0 aliphatic rings. The van der Waals surface area contributed by atoms with Gasteiger partial charge in [0.1, 0.15) is 16.8 Å². The first-order valence-corrected chi connectivity index (χ1v) is 11.1. The number of amides is 3. The second kappa shape index (κ2) is 11.1. The Morgan fingerprint density at radius 2 is 1.91 bits per heavy atom. The quantitative estimate of drug-likeness (QED) is 0.457. The molecular formula is C23H24N6O3S. The predicted molar refractivity (Wildman–Crippen MR) is 127 cm³/mol. The minimum absolute atomic E-state index is 0.129. The van der Waals surface area contributed by atoms with Crippen LogP contribution in [0.15, 0.2) is 48.5 Å². The number of hydrogen-bond donors (Lipinski definition) is 3. The van der Waals surface area contributed by atoms with Crippen molar-refractivity contribution in [3.8, 4) is 22.4 Å². The number of carbonyl (C=O) groups excluding carboxylic acids is 2. The first-order chi connectivity index (χ1) is 15.9. The second-order valence-corrected chi connectivity index (χ2v) is 8.26. The Kier molecular flexibility index (Phi) is 7.94. The van der Waals surface area contributed by atoms with Crippen molar-refractivity contribution in [2.75, 3.05) is 17.7 Å². The average Bonchev–Trinajstić information content (AvgIpc) is 3.30. The summed E-state index contributed by atoms with van der Waals surface area (Å²) in [6.45, 7) is 3.82. The van der Waals surface area contributed by atoms with Crippen LogP contribution in [-0.4, -0.2) is 35.3 Å². The van der Waals surface area contributed by atoms with E-state index in [0.29, 0.717) is 27.8 Å². The fourth-order valence-electron chi connectivity index (χ4n) is 2.98. The van der Waals surface area contributed by atoms with Gasteiger partial charge in [0, 0.05) is 11.3 Å². The summed E-state index contributed by atoms with van der Waals surface area (Å²) in [7, 11) is 1.60. The van der Waals surface area contributed by atoms with E-state index in [1.807, 2.05) is 44.2 Å². The van der Waals surface area contributed by atoms with Crippen molar-refractivity contribution in [2.24, 2.45) is 5.92 Å². The first-order valence-electron chi connectivity index (χ1n) is 10.3. The van der Waals surface area contributed by atoms with Crippen LogP contribution in [0.25, 0.3) is 10.6 Å². The van der Waals surface area contributed by atoms with E-state index in [4.69, 9.17) is 10.00 Å². The zero-order valence-electron chi connectivity index (χ0n) is 18.5. The summed E-state index contributed by atoms with van der Waals surface area (Å²) in [5, 5.41) is 26.3. The van der Waals surface area contributed by atoms with E-state index in [0.717, 1.165) is 11.3 Å². The van der Waals surface area contributed by atoms with Crippen LogP contribution in [0.4, 0.5) is 15.6 Å². The van der Waals surface area contributed by atoms with E-state index in [-0.39, 0.29) is 11.8 Å². The molecular weight excluding hydrogens is 440 g/mol. The van der Waals surface area contributed by atoms with Crippen LogP contribution in [-0.2, 0) is 4.79 Å². The van der Waals surface area contributed by atoms with Gasteiger partial charge in [-0.2, -0.15) is 5.26 Å². The predicted octanol–water partition coefficient (Wildman–Crippen LogP) is 4.26. The van der Waals surface area contributed by atoms with Gasteiger partial charge in [-0.25, -0.2) is 4.79 Å². The molecule has 0 unspecified atom stereocenters. The van der Waals surface area contributed by atoms with E-state index in [1.54, 1.807) is 31.4 Å². The molecule has 1 aromatic heterocycles. The first kappa shape index (κ1) is 23.7. The number of aromatic nitrogens is 2. The monoisotopic (exact) mass is 464 g/mol. The highest BCUT2D eigenvalue weighted by atomic mass is 32.1. The van der Waals surface area contributed by atoms with Crippen molar-refractivity contribution in [3.05, 3.63) is 54.1 Å². The number of rotatable bonds is 8. The number of nitrogens with zero attached hydrogens (tertiary/aromatic N) is 3. The van der Waals surface area contributed by atoms with Gasteiger partial charge in [0.2, 0.25) is 11.0 Å². The number of benzene rings is 2. The van der Waals surface area contributed by atoms with Gasteiger partial charge in [0.25, 0.3) is 0 Å². The third-order valence-corrected chi connectivity index (χ3v) is 5.91. The molecule has 0 bridgehead atoms. The molecule has 10 heteroatoms. The maximum atomic E-state index is 13.0. The minimum atomic E-state index is -0.789. The van der Waals surface area contributed by atoms with E-state index in [1.165, 1.54) is 11.3 Å². The molecule has 0 radical (unpaired) electrons. The van der Waals surface area contributed by atoms with Gasteiger partial charge in [0.15, 0.2) is 0 Å². The Morgan fingerprint density at radius 1 is 1.15 bits per heavy atom. The standard InChI is InChI=1S/C23H24N6O3S/c1-4-14(2)19(26-22(31)25-17-7-5-6-15(12-17)13-24)20(30)27-23-29-28-21(33-23)16-8-10-18(32-3)11-9-16/h5-12,14,19H,4H2,1-3H3,(H2,25,26,31)(H,27,29,30)/t14-,19-/m1/s1. The largest absolute Gasteiger partial charge is 0.497 e. The number of nitrogens with one attached hydrogen (secondary N) is 3. The molecule has 3 rings (SSSR count). The van der Waals surface area contributed by atoms with Gasteiger partial charge in [-0.05, 0) is 48.4 Å². The van der Waals surface area contributed by atoms with E-state index in [2.05, 4.69) is 26.1 Å². The molecule has 0 aliphatic carbocycles. The summed E-state index contributed by atoms with van der Waals surface area (Å²) in [6.07, 6.45) is 0.676. The number of urea groups is 1. The molecule has 9 nitrogen and oxygen atoms in total. The second-order valence-electron chi connectivity index (χ2n) is 7.28. The van der Waals surface area contributed by atoms with Crippen molar-refractivity contribution >= 4 is 34.1 Å². The summed E-state index contributed by atoms with van der Waals surface area (Å²) >= 11 is 1.24. The van der Waals surface area contributed by atoms with Gasteiger partial charge in [-0.1, -0.05) is 37.7 Å². The molecule has 1 heterocycles. The number of nitriles is 1. The topological polar surface area (TPSA) is 129 Å². The summed E-state index contributed by atoms with van der Waals surface area (Å²) in [5.74, 6) is 0.217. The molecule has 170 valence electrons. The van der Waals surface area contributed by atoms with Crippen LogP contribution in [0, 0.1) is 17.2 Å². The third-order valence-electron chi connectivity index (χ3n) is 5.02. The summed E-state index contributed by atoms with van der Waals surface area (Å²) in [5.41, 5.74) is 1.74. The van der Waals surface area contributed by atoms with E-state index < -0.39 is 12.1 Å². The van der Waals surface area contributed by atoms with Gasteiger partial charge in [-0.3, -0.25) is 10.1 Å². The smallest absolute Gasteiger partial charge is 0.319 e. The number of ether oxygens (including phenoxy) is 1. The lowest BCUT2D eigenvalue weighted by atomic mass is 9.98. The fraction of sp³-hybridized carbons (Fsp3) is 0.261. The molecule has 33 heavy (non-hydrogen) atoms. The lowest BCUT2D eigenvalue weighted by Crippen LogP contribution is -2.49. The SMILES string of the molecule is CC[C@@H](C)[C@@H](NC(=O)Nc1cccc(C#N)c1)C(=O)Nc1nnc(-c2ccc(OC)cc2)s1. The molecule has 2 atom stereocenters. The van der Waals surface area contributed by atoms with Gasteiger partial charge < -0.3 is 15.4 Å². The number of anilines is 2. The molecule has 0 aliphatic heterocycles. The van der Waals surface area contributed by atoms with Crippen LogP contribution < -0.4 is 20.7 Å². The van der Waals surface area contributed by atoms with Crippen LogP contribution >= 0.6 is 11.3 Å². The molecule has 2 aromatic carbocycles. The highest BCUT2D eigenvalue weighted by Gasteiger charge is 2.27. The summed E-state index contributed by atoms with van der Waals surface area (Å²) < 4.78 is 5.16. The maximum Gasteiger partial charge on any atom is 0.319 e. The minimum Gasteiger partial charge on any atom is -0.497 e. The van der Waals surface area contributed by atoms with Crippen LogP contribution in [0.1, 0.15) is 25.8 Å². The van der Waals surface area contributed by atoms with Crippen molar-refractivity contribution in [1.29, 1.82) is 5.26 Å². The van der Waals surface area contributed by atoms with Crippen molar-refractivity contribution in [3.63, 3.8) is 0 Å². The Balaban J connectivity index is 1.67. The zero-order chi connectivity index (χ0) is 23.8. The maximum absolute atomic E-state index is 13.0. The molecule has 3 aromatic rings. The van der Waals surface area contributed by atoms with Gasteiger partial charge in [-0.15, -0.1) is 10.2 Å². The normalized spacial score (nSPS) is 12.2. The average molecular weight is 465 g/mol. The Hall–Kier alpha value is -3.97. The number of hydrogen-bond acceptors (Lipinski definition) is 7. The molecule has 3 amide bonds. The van der Waals surface area contributed by atoms with Crippen molar-refractivity contribution in [1.82, 2.24) is 15.5 Å². The fourth-order valence-corrected chi connectivity index (χ4v) is 3.74. The van der Waals surface area contributed by atoms with Crippen LogP contribution in [0.3, 0.4) is 0 Å². The van der Waals surface area contributed by atoms with Gasteiger partial charge in [0.05, 0.1) is 18.7 Å². The van der Waals surface area contributed by atoms with Crippen LogP contribution in [0.5, 0.6) is 5.75 Å². The van der Waals surface area contributed by atoms with Crippen molar-refractivity contribution < 1.29 is 14.3 Å². The molecule has 3 N–H and O–H groups in total.